The summed E-state index contributed by atoms with van der Waals surface area (Å²) in [6.45, 7) is 2.11. The molecule has 1 aromatic carbocycles. The van der Waals surface area contributed by atoms with Crippen molar-refractivity contribution in [2.75, 3.05) is 0 Å². The minimum atomic E-state index is -0.400. The summed E-state index contributed by atoms with van der Waals surface area (Å²) in [6, 6.07) is 7.46. The van der Waals surface area contributed by atoms with Crippen LogP contribution in [0.5, 0.6) is 0 Å². The van der Waals surface area contributed by atoms with Crippen LogP contribution in [0.1, 0.15) is 24.2 Å². The quantitative estimate of drug-likeness (QED) is 0.898. The van der Waals surface area contributed by atoms with E-state index in [0.29, 0.717) is 12.1 Å². The molecule has 0 saturated heterocycles. The van der Waals surface area contributed by atoms with E-state index in [1.807, 2.05) is 6.07 Å². The van der Waals surface area contributed by atoms with Gasteiger partial charge >= 0.3 is 6.03 Å². The smallest absolute Gasteiger partial charge is 0.315 e. The molecular formula is C14H17FN4O. The fraction of sp³-hybridized carbons (Fsp3) is 0.286. The van der Waals surface area contributed by atoms with E-state index in [9.17, 15) is 9.18 Å². The lowest BCUT2D eigenvalue weighted by atomic mass is 10.1. The number of benzene rings is 1. The van der Waals surface area contributed by atoms with E-state index in [2.05, 4.69) is 15.7 Å². The number of rotatable bonds is 4. The molecule has 1 atom stereocenters. The largest absolute Gasteiger partial charge is 0.333 e. The highest BCUT2D eigenvalue weighted by Gasteiger charge is 2.12. The van der Waals surface area contributed by atoms with Crippen molar-refractivity contribution in [2.24, 2.45) is 7.05 Å². The minimum absolute atomic E-state index is 0.327. The van der Waals surface area contributed by atoms with E-state index < -0.39 is 6.04 Å². The van der Waals surface area contributed by atoms with Crippen molar-refractivity contribution in [3.63, 3.8) is 0 Å². The first kappa shape index (κ1) is 14.0. The van der Waals surface area contributed by atoms with Gasteiger partial charge in [-0.25, -0.2) is 9.18 Å². The van der Waals surface area contributed by atoms with E-state index in [4.69, 9.17) is 0 Å². The lowest BCUT2D eigenvalue weighted by Crippen LogP contribution is -2.37. The standard InChI is InChI=1S/C14H17FN4O/c1-10(12-5-3-4-6-13(12)15)18-14(20)16-9-11-7-8-17-19(11)2/h3-8,10H,9H2,1-2H3,(H2,16,18,20). The average Bonchev–Trinajstić information content (AvgIpc) is 2.82. The predicted octanol–water partition coefficient (Wildman–Crippen LogP) is 2.12. The van der Waals surface area contributed by atoms with Gasteiger partial charge in [0.25, 0.3) is 0 Å². The number of aromatic nitrogens is 2. The Kier molecular flexibility index (Phi) is 4.34. The summed E-state index contributed by atoms with van der Waals surface area (Å²) < 4.78 is 15.3. The van der Waals surface area contributed by atoms with E-state index in [-0.39, 0.29) is 11.8 Å². The highest BCUT2D eigenvalue weighted by atomic mass is 19.1. The lowest BCUT2D eigenvalue weighted by molar-refractivity contribution is 0.237. The van der Waals surface area contributed by atoms with Crippen molar-refractivity contribution < 1.29 is 9.18 Å². The van der Waals surface area contributed by atoms with Gasteiger partial charge in [-0.2, -0.15) is 5.10 Å². The molecule has 20 heavy (non-hydrogen) atoms. The SMILES string of the molecule is CC(NC(=O)NCc1ccnn1C)c1ccccc1F. The summed E-state index contributed by atoms with van der Waals surface area (Å²) in [5, 5.41) is 9.42. The maximum atomic E-state index is 13.6. The van der Waals surface area contributed by atoms with Crippen LogP contribution in [0.25, 0.3) is 0 Å². The topological polar surface area (TPSA) is 59.0 Å². The molecule has 0 radical (unpaired) electrons. The minimum Gasteiger partial charge on any atom is -0.333 e. The maximum absolute atomic E-state index is 13.6. The van der Waals surface area contributed by atoms with E-state index in [1.165, 1.54) is 6.07 Å². The van der Waals surface area contributed by atoms with Crippen molar-refractivity contribution in [3.8, 4) is 0 Å². The van der Waals surface area contributed by atoms with Gasteiger partial charge in [0, 0.05) is 18.8 Å². The van der Waals surface area contributed by atoms with Crippen LogP contribution in [0.4, 0.5) is 9.18 Å². The Hall–Kier alpha value is -2.37. The molecule has 0 aliphatic rings. The van der Waals surface area contributed by atoms with Crippen molar-refractivity contribution >= 4 is 6.03 Å². The molecule has 2 rings (SSSR count). The molecular weight excluding hydrogens is 259 g/mol. The summed E-state index contributed by atoms with van der Waals surface area (Å²) in [5.41, 5.74) is 1.35. The molecule has 0 aliphatic heterocycles. The molecule has 6 heteroatoms. The normalized spacial score (nSPS) is 11.9. The van der Waals surface area contributed by atoms with E-state index in [0.717, 1.165) is 5.69 Å². The van der Waals surface area contributed by atoms with Crippen LogP contribution < -0.4 is 10.6 Å². The van der Waals surface area contributed by atoms with Crippen LogP contribution in [-0.2, 0) is 13.6 Å². The van der Waals surface area contributed by atoms with E-state index in [1.54, 1.807) is 43.0 Å². The van der Waals surface area contributed by atoms with Crippen molar-refractivity contribution in [2.45, 2.75) is 19.5 Å². The Bertz CT molecular complexity index is 596. The number of nitrogens with one attached hydrogen (secondary N) is 2. The third-order valence-electron chi connectivity index (χ3n) is 3.07. The molecule has 0 fully saturated rings. The molecule has 0 bridgehead atoms. The number of carbonyl (C=O) groups excluding carboxylic acids is 1. The zero-order valence-electron chi connectivity index (χ0n) is 11.4. The highest BCUT2D eigenvalue weighted by Crippen LogP contribution is 2.15. The summed E-state index contributed by atoms with van der Waals surface area (Å²) in [6.07, 6.45) is 1.66. The third kappa shape index (κ3) is 3.34. The molecule has 2 N–H and O–H groups in total. The van der Waals surface area contributed by atoms with Crippen LogP contribution in [0, 0.1) is 5.82 Å². The van der Waals surface area contributed by atoms with Crippen LogP contribution in [0.3, 0.4) is 0 Å². The van der Waals surface area contributed by atoms with Crippen LogP contribution >= 0.6 is 0 Å². The maximum Gasteiger partial charge on any atom is 0.315 e. The van der Waals surface area contributed by atoms with Gasteiger partial charge in [-0.15, -0.1) is 0 Å². The monoisotopic (exact) mass is 276 g/mol. The summed E-state index contributed by atoms with van der Waals surface area (Å²) in [4.78, 5) is 11.8. The summed E-state index contributed by atoms with van der Waals surface area (Å²) in [5.74, 6) is -0.327. The Morgan fingerprint density at radius 3 is 2.80 bits per heavy atom. The Labute approximate surface area is 116 Å². The first-order valence-electron chi connectivity index (χ1n) is 6.33. The van der Waals surface area contributed by atoms with Crippen molar-refractivity contribution in [1.29, 1.82) is 0 Å². The van der Waals surface area contributed by atoms with Gasteiger partial charge in [0.2, 0.25) is 0 Å². The fourth-order valence-electron chi connectivity index (χ4n) is 1.90. The number of carbonyl (C=O) groups is 1. The molecule has 0 saturated carbocycles. The second-order valence-corrected chi connectivity index (χ2v) is 4.52. The van der Waals surface area contributed by atoms with Gasteiger partial charge in [-0.05, 0) is 19.1 Å². The zero-order valence-corrected chi connectivity index (χ0v) is 11.4. The lowest BCUT2D eigenvalue weighted by Gasteiger charge is -2.15. The number of nitrogens with zero attached hydrogens (tertiary/aromatic N) is 2. The number of halogens is 1. The van der Waals surface area contributed by atoms with Crippen molar-refractivity contribution in [1.82, 2.24) is 20.4 Å². The van der Waals surface area contributed by atoms with Crippen LogP contribution in [0.15, 0.2) is 36.5 Å². The molecule has 1 unspecified atom stereocenters. The predicted molar refractivity (Wildman–Crippen MR) is 73.4 cm³/mol. The number of hydrogen-bond donors (Lipinski definition) is 2. The van der Waals surface area contributed by atoms with Gasteiger partial charge in [0.15, 0.2) is 0 Å². The number of amides is 2. The summed E-state index contributed by atoms with van der Waals surface area (Å²) in [7, 11) is 1.80. The molecule has 0 aliphatic carbocycles. The molecule has 0 spiro atoms. The number of aryl methyl sites for hydroxylation is 1. The van der Waals surface area contributed by atoms with Crippen molar-refractivity contribution in [3.05, 3.63) is 53.6 Å². The molecule has 106 valence electrons. The third-order valence-corrected chi connectivity index (χ3v) is 3.07. The molecule has 1 aromatic heterocycles. The van der Waals surface area contributed by atoms with Gasteiger partial charge in [-0.1, -0.05) is 18.2 Å². The van der Waals surface area contributed by atoms with Crippen LogP contribution in [-0.4, -0.2) is 15.8 Å². The number of urea groups is 1. The Morgan fingerprint density at radius 2 is 2.15 bits per heavy atom. The summed E-state index contributed by atoms with van der Waals surface area (Å²) >= 11 is 0. The van der Waals surface area contributed by atoms with E-state index >= 15 is 0 Å². The van der Waals surface area contributed by atoms with Gasteiger partial charge in [0.1, 0.15) is 5.82 Å². The average molecular weight is 276 g/mol. The highest BCUT2D eigenvalue weighted by molar-refractivity contribution is 5.74. The first-order valence-corrected chi connectivity index (χ1v) is 6.33. The number of hydrogen-bond acceptors (Lipinski definition) is 2. The van der Waals surface area contributed by atoms with Gasteiger partial charge in [-0.3, -0.25) is 4.68 Å². The van der Waals surface area contributed by atoms with Crippen LogP contribution in [0.2, 0.25) is 0 Å². The van der Waals surface area contributed by atoms with Gasteiger partial charge < -0.3 is 10.6 Å². The second-order valence-electron chi connectivity index (χ2n) is 4.52. The fourth-order valence-corrected chi connectivity index (χ4v) is 1.90. The second kappa shape index (κ2) is 6.18. The molecule has 5 nitrogen and oxygen atoms in total. The van der Waals surface area contributed by atoms with Gasteiger partial charge in [0.05, 0.1) is 18.3 Å². The Balaban J connectivity index is 1.88. The molecule has 2 aromatic rings. The molecule has 2 amide bonds. The zero-order chi connectivity index (χ0) is 14.5. The molecule has 1 heterocycles. The first-order chi connectivity index (χ1) is 9.58. The Morgan fingerprint density at radius 1 is 1.40 bits per heavy atom.